The fourth-order valence-corrected chi connectivity index (χ4v) is 1.68. The summed E-state index contributed by atoms with van der Waals surface area (Å²) in [5, 5.41) is 3.02. The van der Waals surface area contributed by atoms with Crippen molar-refractivity contribution in [2.75, 3.05) is 13.1 Å². The topological polar surface area (TPSA) is 32.3 Å². The van der Waals surface area contributed by atoms with E-state index in [1.807, 2.05) is 4.90 Å². The monoisotopic (exact) mass is 194 g/mol. The molecule has 1 fully saturated rings. The van der Waals surface area contributed by atoms with Crippen molar-refractivity contribution in [2.24, 2.45) is 0 Å². The Labute approximate surface area is 85.2 Å². The molecule has 0 saturated heterocycles. The van der Waals surface area contributed by atoms with Gasteiger partial charge in [0, 0.05) is 19.1 Å². The van der Waals surface area contributed by atoms with Gasteiger partial charge >= 0.3 is 6.03 Å². The van der Waals surface area contributed by atoms with Crippen molar-refractivity contribution in [3.63, 3.8) is 0 Å². The Kier molecular flexibility index (Phi) is 2.48. The fourth-order valence-electron chi connectivity index (χ4n) is 1.68. The maximum Gasteiger partial charge on any atom is 0.317 e. The molecule has 1 aliphatic carbocycles. The van der Waals surface area contributed by atoms with Crippen LogP contribution in [0.3, 0.4) is 0 Å². The summed E-state index contributed by atoms with van der Waals surface area (Å²) >= 11 is 0. The van der Waals surface area contributed by atoms with Gasteiger partial charge in [-0.25, -0.2) is 4.79 Å². The maximum atomic E-state index is 11.7. The Bertz CT molecular complexity index is 279. The van der Waals surface area contributed by atoms with E-state index in [4.69, 9.17) is 0 Å². The summed E-state index contributed by atoms with van der Waals surface area (Å²) in [6.07, 6.45) is 3.35. The van der Waals surface area contributed by atoms with Gasteiger partial charge in [0.25, 0.3) is 0 Å². The average Bonchev–Trinajstić information content (AvgIpc) is 2.93. The molecule has 2 rings (SSSR count). The molecule has 0 atom stereocenters. The molecule has 3 heteroatoms. The van der Waals surface area contributed by atoms with Gasteiger partial charge in [-0.15, -0.1) is 0 Å². The van der Waals surface area contributed by atoms with Crippen LogP contribution < -0.4 is 5.32 Å². The number of amides is 2. The van der Waals surface area contributed by atoms with Gasteiger partial charge < -0.3 is 10.2 Å². The van der Waals surface area contributed by atoms with Gasteiger partial charge in [0.05, 0.1) is 0 Å². The summed E-state index contributed by atoms with van der Waals surface area (Å²) in [5.74, 6) is 0. The van der Waals surface area contributed by atoms with Crippen molar-refractivity contribution < 1.29 is 4.79 Å². The lowest BCUT2D eigenvalue weighted by Gasteiger charge is -2.28. The minimum atomic E-state index is 0.124. The summed E-state index contributed by atoms with van der Waals surface area (Å²) in [5.41, 5.74) is 2.79. The van der Waals surface area contributed by atoms with Crippen LogP contribution in [0.25, 0.3) is 0 Å². The molecule has 1 N–H and O–H groups in total. The normalized spacial score (nSPS) is 22.6. The molecule has 0 bridgehead atoms. The van der Waals surface area contributed by atoms with Gasteiger partial charge in [0.15, 0.2) is 0 Å². The molecule has 0 unspecified atom stereocenters. The van der Waals surface area contributed by atoms with Crippen LogP contribution in [0.4, 0.5) is 4.79 Å². The summed E-state index contributed by atoms with van der Waals surface area (Å²) in [4.78, 5) is 13.6. The Balaban J connectivity index is 1.89. The van der Waals surface area contributed by atoms with E-state index in [9.17, 15) is 4.79 Å². The quantitative estimate of drug-likeness (QED) is 0.635. The first kappa shape index (κ1) is 9.56. The smallest absolute Gasteiger partial charge is 0.317 e. The number of rotatable bonds is 1. The number of nitrogens with zero attached hydrogens (tertiary/aromatic N) is 1. The molecular formula is C11H18N2O. The highest BCUT2D eigenvalue weighted by Gasteiger charge is 2.26. The second kappa shape index (κ2) is 3.64. The van der Waals surface area contributed by atoms with Gasteiger partial charge in [0.1, 0.15) is 0 Å². The average molecular weight is 194 g/mol. The van der Waals surface area contributed by atoms with Gasteiger partial charge in [-0.2, -0.15) is 0 Å². The largest absolute Gasteiger partial charge is 0.335 e. The van der Waals surface area contributed by atoms with E-state index in [0.29, 0.717) is 6.04 Å². The highest BCUT2D eigenvalue weighted by molar-refractivity contribution is 5.75. The van der Waals surface area contributed by atoms with Crippen molar-refractivity contribution in [1.82, 2.24) is 10.2 Å². The Morgan fingerprint density at radius 2 is 2.07 bits per heavy atom. The van der Waals surface area contributed by atoms with Gasteiger partial charge in [-0.05, 0) is 33.1 Å². The lowest BCUT2D eigenvalue weighted by molar-refractivity contribution is 0.199. The third-order valence-electron chi connectivity index (χ3n) is 3.11. The predicted octanol–water partition coefficient (Wildman–Crippen LogP) is 1.90. The van der Waals surface area contributed by atoms with Gasteiger partial charge in [-0.3, -0.25) is 0 Å². The Hall–Kier alpha value is -0.990. The zero-order valence-corrected chi connectivity index (χ0v) is 8.97. The first-order valence-electron chi connectivity index (χ1n) is 5.37. The van der Waals surface area contributed by atoms with E-state index < -0.39 is 0 Å². The highest BCUT2D eigenvalue weighted by atomic mass is 16.2. The highest BCUT2D eigenvalue weighted by Crippen LogP contribution is 2.21. The molecule has 0 spiro atoms. The van der Waals surface area contributed by atoms with Gasteiger partial charge in [0.2, 0.25) is 0 Å². The molecule has 2 aliphatic rings. The van der Waals surface area contributed by atoms with E-state index in [2.05, 4.69) is 19.2 Å². The second-order valence-electron chi connectivity index (χ2n) is 4.46. The standard InChI is InChI=1S/C11H18N2O/c1-8-5-6-13(7-9(8)2)11(14)12-10-3-4-10/h10H,3-7H2,1-2H3,(H,12,14). The van der Waals surface area contributed by atoms with Crippen LogP contribution in [-0.2, 0) is 0 Å². The summed E-state index contributed by atoms with van der Waals surface area (Å²) in [6, 6.07) is 0.592. The number of urea groups is 1. The number of carbonyl (C=O) groups excluding carboxylic acids is 1. The minimum absolute atomic E-state index is 0.124. The Morgan fingerprint density at radius 1 is 1.36 bits per heavy atom. The number of carbonyl (C=O) groups is 1. The first-order valence-corrected chi connectivity index (χ1v) is 5.37. The van der Waals surface area contributed by atoms with Crippen LogP contribution in [0.2, 0.25) is 0 Å². The molecule has 0 aromatic rings. The van der Waals surface area contributed by atoms with Crippen molar-refractivity contribution in [2.45, 2.75) is 39.2 Å². The lowest BCUT2D eigenvalue weighted by Crippen LogP contribution is -2.44. The molecule has 2 amide bonds. The van der Waals surface area contributed by atoms with Crippen molar-refractivity contribution in [3.8, 4) is 0 Å². The third kappa shape index (κ3) is 2.08. The SMILES string of the molecule is CC1=C(C)CN(C(=O)NC2CC2)CC1. The summed E-state index contributed by atoms with van der Waals surface area (Å²) in [6.45, 7) is 5.96. The van der Waals surface area contributed by atoms with Crippen molar-refractivity contribution in [1.29, 1.82) is 0 Å². The minimum Gasteiger partial charge on any atom is -0.335 e. The van der Waals surface area contributed by atoms with Gasteiger partial charge in [-0.1, -0.05) is 11.1 Å². The predicted molar refractivity (Wildman–Crippen MR) is 56.1 cm³/mol. The molecule has 78 valence electrons. The van der Waals surface area contributed by atoms with Crippen LogP contribution in [0.1, 0.15) is 33.1 Å². The van der Waals surface area contributed by atoms with E-state index in [0.717, 1.165) is 32.4 Å². The van der Waals surface area contributed by atoms with Crippen molar-refractivity contribution in [3.05, 3.63) is 11.1 Å². The number of hydrogen-bond acceptors (Lipinski definition) is 1. The van der Waals surface area contributed by atoms with Crippen LogP contribution in [0.15, 0.2) is 11.1 Å². The maximum absolute atomic E-state index is 11.7. The molecule has 1 saturated carbocycles. The zero-order chi connectivity index (χ0) is 10.1. The Morgan fingerprint density at radius 3 is 2.64 bits per heavy atom. The van der Waals surface area contributed by atoms with Crippen LogP contribution >= 0.6 is 0 Å². The van der Waals surface area contributed by atoms with E-state index in [-0.39, 0.29) is 6.03 Å². The molecule has 0 radical (unpaired) electrons. The molecule has 1 heterocycles. The van der Waals surface area contributed by atoms with Crippen LogP contribution in [-0.4, -0.2) is 30.1 Å². The van der Waals surface area contributed by atoms with Crippen molar-refractivity contribution >= 4 is 6.03 Å². The molecule has 3 nitrogen and oxygen atoms in total. The van der Waals surface area contributed by atoms with Crippen LogP contribution in [0.5, 0.6) is 0 Å². The fraction of sp³-hybridized carbons (Fsp3) is 0.727. The van der Waals surface area contributed by atoms with Crippen LogP contribution in [0, 0.1) is 0 Å². The van der Waals surface area contributed by atoms with E-state index in [1.54, 1.807) is 0 Å². The summed E-state index contributed by atoms with van der Waals surface area (Å²) < 4.78 is 0. The molecule has 0 aromatic carbocycles. The summed E-state index contributed by atoms with van der Waals surface area (Å²) in [7, 11) is 0. The zero-order valence-electron chi connectivity index (χ0n) is 8.97. The number of hydrogen-bond donors (Lipinski definition) is 1. The molecule has 0 aromatic heterocycles. The van der Waals surface area contributed by atoms with E-state index >= 15 is 0 Å². The lowest BCUT2D eigenvalue weighted by atomic mass is 10.0. The molecule has 14 heavy (non-hydrogen) atoms. The third-order valence-corrected chi connectivity index (χ3v) is 3.11. The van der Waals surface area contributed by atoms with E-state index in [1.165, 1.54) is 11.1 Å². The molecule has 1 aliphatic heterocycles. The first-order chi connectivity index (χ1) is 6.66. The number of nitrogens with one attached hydrogen (secondary N) is 1. The second-order valence-corrected chi connectivity index (χ2v) is 4.46. The molecular weight excluding hydrogens is 176 g/mol.